The number of fused-ring (bicyclic) bond motifs is 1. The molecule has 1 aromatic carbocycles. The minimum atomic E-state index is -0.664. The van der Waals surface area contributed by atoms with Gasteiger partial charge in [0.2, 0.25) is 11.8 Å². The fourth-order valence-corrected chi connectivity index (χ4v) is 5.14. The van der Waals surface area contributed by atoms with E-state index in [0.717, 1.165) is 25.7 Å². The maximum Gasteiger partial charge on any atom is 0.252 e. The van der Waals surface area contributed by atoms with E-state index in [1.807, 2.05) is 0 Å². The molecule has 0 aromatic heterocycles. The van der Waals surface area contributed by atoms with Crippen molar-refractivity contribution in [2.75, 3.05) is 6.61 Å². The van der Waals surface area contributed by atoms with E-state index < -0.39 is 6.17 Å². The van der Waals surface area contributed by atoms with Crippen LogP contribution in [0.25, 0.3) is 0 Å². The summed E-state index contributed by atoms with van der Waals surface area (Å²) in [5, 5.41) is 8.52. The van der Waals surface area contributed by atoms with E-state index in [0.29, 0.717) is 67.9 Å². The Hall–Kier alpha value is -2.39. The number of amides is 3. The summed E-state index contributed by atoms with van der Waals surface area (Å²) in [6.45, 7) is 0.945. The number of imide groups is 1. The summed E-state index contributed by atoms with van der Waals surface area (Å²) < 4.78 is 34.1. The summed E-state index contributed by atoms with van der Waals surface area (Å²) in [6.07, 6.45) is 6.38. The van der Waals surface area contributed by atoms with Gasteiger partial charge < -0.3 is 15.4 Å². The van der Waals surface area contributed by atoms with Crippen molar-refractivity contribution in [2.45, 2.75) is 95.1 Å². The predicted octanol–water partition coefficient (Wildman–Crippen LogP) is 2.84. The zero-order chi connectivity index (χ0) is 24.1. The Kier molecular flexibility index (Phi) is 8.26. The van der Waals surface area contributed by atoms with Gasteiger partial charge in [0.25, 0.3) is 5.91 Å². The minimum Gasteiger partial charge on any atom is -0.376 e. The summed E-state index contributed by atoms with van der Waals surface area (Å²) in [6, 6.07) is 3.91. The van der Waals surface area contributed by atoms with Crippen LogP contribution < -0.4 is 16.0 Å². The van der Waals surface area contributed by atoms with Gasteiger partial charge in [-0.25, -0.2) is 8.78 Å². The Morgan fingerprint density at radius 2 is 1.74 bits per heavy atom. The van der Waals surface area contributed by atoms with E-state index in [-0.39, 0.29) is 42.2 Å². The number of hydrogen-bond donors (Lipinski definition) is 3. The van der Waals surface area contributed by atoms with E-state index in [9.17, 15) is 23.2 Å². The number of hydrogen-bond acceptors (Lipinski definition) is 5. The van der Waals surface area contributed by atoms with E-state index >= 15 is 0 Å². The van der Waals surface area contributed by atoms with Gasteiger partial charge in [-0.15, -0.1) is 0 Å². The van der Waals surface area contributed by atoms with Gasteiger partial charge in [-0.3, -0.25) is 19.7 Å². The highest BCUT2D eigenvalue weighted by Crippen LogP contribution is 2.27. The number of rotatable bonds is 4. The van der Waals surface area contributed by atoms with E-state index in [2.05, 4.69) is 16.0 Å². The molecule has 3 fully saturated rings. The van der Waals surface area contributed by atoms with Crippen LogP contribution in [0.15, 0.2) is 12.1 Å². The van der Waals surface area contributed by atoms with Crippen molar-refractivity contribution in [1.29, 1.82) is 0 Å². The van der Waals surface area contributed by atoms with E-state index in [1.54, 1.807) is 12.1 Å². The fourth-order valence-electron chi connectivity index (χ4n) is 5.14. The van der Waals surface area contributed by atoms with Gasteiger partial charge in [-0.05, 0) is 56.6 Å². The molecule has 3 heterocycles. The fraction of sp³-hybridized carbons (Fsp3) is 0.640. The SMILES string of the molecule is O=C1CCCC(=O)N1.O=C1NCc2c1ccc(C[C@H]1OCCC[C@@H]1NC1CCC(F)CC1)c2F. The summed E-state index contributed by atoms with van der Waals surface area (Å²) in [5.41, 5.74) is 1.51. The largest absolute Gasteiger partial charge is 0.376 e. The molecule has 4 aliphatic rings. The second-order valence-electron chi connectivity index (χ2n) is 9.55. The van der Waals surface area contributed by atoms with Gasteiger partial charge in [0.05, 0.1) is 6.10 Å². The molecule has 5 rings (SSSR count). The molecule has 0 radical (unpaired) electrons. The zero-order valence-corrected chi connectivity index (χ0v) is 19.3. The number of carbonyl (C=O) groups is 3. The molecule has 0 unspecified atom stereocenters. The number of halogens is 2. The first-order valence-electron chi connectivity index (χ1n) is 12.3. The van der Waals surface area contributed by atoms with Crippen molar-refractivity contribution in [1.82, 2.24) is 16.0 Å². The summed E-state index contributed by atoms with van der Waals surface area (Å²) in [7, 11) is 0. The topological polar surface area (TPSA) is 96.5 Å². The van der Waals surface area contributed by atoms with Gasteiger partial charge in [-0.2, -0.15) is 0 Å². The Balaban J connectivity index is 0.000000291. The zero-order valence-electron chi connectivity index (χ0n) is 19.3. The average Bonchev–Trinajstić information content (AvgIpc) is 3.20. The second kappa shape index (κ2) is 11.4. The number of benzene rings is 1. The van der Waals surface area contributed by atoms with Crippen molar-refractivity contribution in [3.05, 3.63) is 34.6 Å². The molecule has 3 amide bonds. The van der Waals surface area contributed by atoms with E-state index in [1.165, 1.54) is 0 Å². The van der Waals surface area contributed by atoms with Crippen LogP contribution in [0.3, 0.4) is 0 Å². The van der Waals surface area contributed by atoms with Crippen molar-refractivity contribution < 1.29 is 27.9 Å². The number of nitrogens with one attached hydrogen (secondary N) is 3. The highest BCUT2D eigenvalue weighted by atomic mass is 19.1. The van der Waals surface area contributed by atoms with Gasteiger partial charge >= 0.3 is 0 Å². The van der Waals surface area contributed by atoms with Crippen LogP contribution >= 0.6 is 0 Å². The molecule has 1 saturated carbocycles. The first-order valence-corrected chi connectivity index (χ1v) is 12.3. The standard InChI is InChI=1S/C20H26F2N2O2.C5H7NO2/c21-13-4-6-14(7-5-13)24-17-2-1-9-26-18(17)10-12-3-8-15-16(19(12)22)11-23-20(15)25;7-4-2-1-3-5(8)6-4/h3,8,13-14,17-18,24H,1-2,4-7,9-11H2,(H,23,25);1-3H2,(H,6,7,8)/t13?,14?,17-,18+;/m0./s1. The molecule has 3 aliphatic heterocycles. The maximum absolute atomic E-state index is 14.8. The third-order valence-corrected chi connectivity index (χ3v) is 7.05. The lowest BCUT2D eigenvalue weighted by molar-refractivity contribution is -0.132. The van der Waals surface area contributed by atoms with Crippen LogP contribution in [0.4, 0.5) is 8.78 Å². The monoisotopic (exact) mass is 477 g/mol. The normalized spacial score (nSPS) is 28.9. The number of carbonyl (C=O) groups excluding carboxylic acids is 3. The number of ether oxygens (including phenoxy) is 1. The van der Waals surface area contributed by atoms with Crippen molar-refractivity contribution in [2.24, 2.45) is 0 Å². The van der Waals surface area contributed by atoms with Gasteiger partial charge in [0, 0.05) is 55.6 Å². The van der Waals surface area contributed by atoms with Gasteiger partial charge in [0.1, 0.15) is 12.0 Å². The Labute approximate surface area is 198 Å². The molecule has 0 spiro atoms. The van der Waals surface area contributed by atoms with Crippen LogP contribution in [0.1, 0.15) is 79.3 Å². The first kappa shape index (κ1) is 24.7. The van der Waals surface area contributed by atoms with Crippen molar-refractivity contribution in [3.63, 3.8) is 0 Å². The lowest BCUT2D eigenvalue weighted by atomic mass is 9.90. The maximum atomic E-state index is 14.8. The quantitative estimate of drug-likeness (QED) is 0.580. The molecule has 0 bridgehead atoms. The summed E-state index contributed by atoms with van der Waals surface area (Å²) in [4.78, 5) is 32.4. The van der Waals surface area contributed by atoms with Crippen LogP contribution in [0.5, 0.6) is 0 Å². The molecule has 9 heteroatoms. The van der Waals surface area contributed by atoms with Gasteiger partial charge in [0.15, 0.2) is 0 Å². The summed E-state index contributed by atoms with van der Waals surface area (Å²) in [5.74, 6) is -0.767. The average molecular weight is 478 g/mol. The molecule has 2 atom stereocenters. The summed E-state index contributed by atoms with van der Waals surface area (Å²) >= 11 is 0. The molecule has 1 aromatic rings. The Morgan fingerprint density at radius 1 is 1.00 bits per heavy atom. The molecule has 2 saturated heterocycles. The van der Waals surface area contributed by atoms with Crippen LogP contribution in [0.2, 0.25) is 0 Å². The lowest BCUT2D eigenvalue weighted by Gasteiger charge is -2.37. The highest BCUT2D eigenvalue weighted by Gasteiger charge is 2.32. The van der Waals surface area contributed by atoms with Crippen LogP contribution in [-0.2, 0) is 27.3 Å². The number of alkyl halides is 1. The molecular weight excluding hydrogens is 444 g/mol. The molecule has 34 heavy (non-hydrogen) atoms. The number of piperidine rings is 1. The lowest BCUT2D eigenvalue weighted by Crippen LogP contribution is -2.50. The molecule has 3 N–H and O–H groups in total. The minimum absolute atomic E-state index is 0.0931. The molecular formula is C25H33F2N3O4. The molecule has 186 valence electrons. The van der Waals surface area contributed by atoms with Crippen LogP contribution in [0, 0.1) is 5.82 Å². The van der Waals surface area contributed by atoms with Crippen LogP contribution in [-0.4, -0.2) is 48.7 Å². The van der Waals surface area contributed by atoms with Crippen molar-refractivity contribution >= 4 is 17.7 Å². The third kappa shape index (κ3) is 6.18. The van der Waals surface area contributed by atoms with Crippen molar-refractivity contribution in [3.8, 4) is 0 Å². The van der Waals surface area contributed by atoms with E-state index in [4.69, 9.17) is 4.74 Å². The third-order valence-electron chi connectivity index (χ3n) is 7.05. The predicted molar refractivity (Wildman–Crippen MR) is 121 cm³/mol. The van der Waals surface area contributed by atoms with Gasteiger partial charge in [-0.1, -0.05) is 6.07 Å². The first-order chi connectivity index (χ1) is 16.4. The molecule has 1 aliphatic carbocycles. The Morgan fingerprint density at radius 3 is 2.41 bits per heavy atom. The highest BCUT2D eigenvalue weighted by molar-refractivity contribution is 5.98. The Bertz CT molecular complexity index is 904. The second-order valence-corrected chi connectivity index (χ2v) is 9.55. The molecule has 7 nitrogen and oxygen atoms in total. The smallest absolute Gasteiger partial charge is 0.252 e.